The molecule has 1 aliphatic heterocycles. The molecule has 11 heteroatoms. The quantitative estimate of drug-likeness (QED) is 0.621. The van der Waals surface area contributed by atoms with Crippen molar-refractivity contribution in [1.29, 1.82) is 0 Å². The number of carbonyl (C=O) groups is 1. The van der Waals surface area contributed by atoms with Crippen molar-refractivity contribution in [2.24, 2.45) is 10.3 Å². The first-order valence-electron chi connectivity index (χ1n) is 6.70. The average molecular weight is 365 g/mol. The summed E-state index contributed by atoms with van der Waals surface area (Å²) in [6.45, 7) is 0.920. The number of oxime groups is 1. The van der Waals surface area contributed by atoms with E-state index in [9.17, 15) is 26.4 Å². The van der Waals surface area contributed by atoms with Crippen LogP contribution in [-0.2, 0) is 27.5 Å². The van der Waals surface area contributed by atoms with Crippen LogP contribution in [0.1, 0.15) is 24.5 Å². The lowest BCUT2D eigenvalue weighted by molar-refractivity contribution is -0.139. The van der Waals surface area contributed by atoms with E-state index in [1.807, 2.05) is 0 Å². The third-order valence-electron chi connectivity index (χ3n) is 3.72. The fraction of sp³-hybridized carbons (Fsp3) is 0.385. The van der Waals surface area contributed by atoms with Crippen LogP contribution in [0.25, 0.3) is 0 Å². The second-order valence-electron chi connectivity index (χ2n) is 5.36. The van der Waals surface area contributed by atoms with Gasteiger partial charge < -0.3 is 10.1 Å². The van der Waals surface area contributed by atoms with Crippen molar-refractivity contribution >= 4 is 21.6 Å². The lowest BCUT2D eigenvalue weighted by Gasteiger charge is -2.24. The molecule has 24 heavy (non-hydrogen) atoms. The zero-order valence-corrected chi connectivity index (χ0v) is 13.2. The SMILES string of the molecule is CC1C/C(=N\O)C(=O)N1Cc1c(C(F)(F)F)cccc1S(N)(=O)=O. The van der Waals surface area contributed by atoms with Crippen LogP contribution in [0.3, 0.4) is 0 Å². The number of likely N-dealkylation sites (tertiary alicyclic amines) is 1. The van der Waals surface area contributed by atoms with Gasteiger partial charge in [0.15, 0.2) is 0 Å². The topological polar surface area (TPSA) is 113 Å². The number of benzene rings is 1. The van der Waals surface area contributed by atoms with Crippen molar-refractivity contribution in [3.05, 3.63) is 29.3 Å². The largest absolute Gasteiger partial charge is 0.416 e. The molecule has 0 saturated carbocycles. The minimum Gasteiger partial charge on any atom is -0.410 e. The van der Waals surface area contributed by atoms with Gasteiger partial charge >= 0.3 is 6.18 Å². The van der Waals surface area contributed by atoms with Gasteiger partial charge in [-0.05, 0) is 19.1 Å². The lowest BCUT2D eigenvalue weighted by Crippen LogP contribution is -2.33. The molecule has 0 spiro atoms. The Kier molecular flexibility index (Phi) is 4.59. The van der Waals surface area contributed by atoms with Crippen LogP contribution in [-0.4, -0.2) is 36.2 Å². The van der Waals surface area contributed by atoms with Crippen molar-refractivity contribution < 1.29 is 31.6 Å². The molecule has 1 aromatic carbocycles. The van der Waals surface area contributed by atoms with Crippen LogP contribution in [0.15, 0.2) is 28.3 Å². The van der Waals surface area contributed by atoms with Crippen molar-refractivity contribution in [3.63, 3.8) is 0 Å². The molecule has 7 nitrogen and oxygen atoms in total. The van der Waals surface area contributed by atoms with E-state index in [2.05, 4.69) is 5.16 Å². The molecule has 3 N–H and O–H groups in total. The summed E-state index contributed by atoms with van der Waals surface area (Å²) in [7, 11) is -4.43. The molecule has 132 valence electrons. The number of primary sulfonamides is 1. The van der Waals surface area contributed by atoms with Crippen LogP contribution in [0.2, 0.25) is 0 Å². The number of hydrogen-bond acceptors (Lipinski definition) is 5. The first-order valence-corrected chi connectivity index (χ1v) is 8.25. The highest BCUT2D eigenvalue weighted by molar-refractivity contribution is 7.89. The second-order valence-corrected chi connectivity index (χ2v) is 6.89. The third-order valence-corrected chi connectivity index (χ3v) is 4.72. The molecule has 0 radical (unpaired) electrons. The Morgan fingerprint density at radius 3 is 2.50 bits per heavy atom. The number of alkyl halides is 3. The summed E-state index contributed by atoms with van der Waals surface area (Å²) in [6, 6.07) is 2.04. The first-order chi connectivity index (χ1) is 11.0. The number of hydrogen-bond donors (Lipinski definition) is 2. The van der Waals surface area contributed by atoms with Crippen LogP contribution in [0.4, 0.5) is 13.2 Å². The number of halogens is 3. The molecule has 0 bridgehead atoms. The van der Waals surface area contributed by atoms with Gasteiger partial charge in [0.1, 0.15) is 5.71 Å². The summed E-state index contributed by atoms with van der Waals surface area (Å²) in [6.07, 6.45) is -4.79. The van der Waals surface area contributed by atoms with E-state index in [1.165, 1.54) is 0 Å². The van der Waals surface area contributed by atoms with Crippen LogP contribution < -0.4 is 5.14 Å². The standard InChI is InChI=1S/C13H14F3N3O4S/c1-7-5-10(18-21)12(20)19(7)6-8-9(13(14,15)16)3-2-4-11(8)24(17,22)23/h2-4,7,21H,5-6H2,1H3,(H2,17,22,23)/b18-10+. The van der Waals surface area contributed by atoms with Gasteiger partial charge in [-0.25, -0.2) is 13.6 Å². The number of carbonyl (C=O) groups excluding carboxylic acids is 1. The Hall–Kier alpha value is -2.14. The van der Waals surface area contributed by atoms with E-state index in [0.29, 0.717) is 0 Å². The molecular formula is C13H14F3N3O4S. The summed E-state index contributed by atoms with van der Waals surface area (Å²) >= 11 is 0. The highest BCUT2D eigenvalue weighted by Gasteiger charge is 2.40. The Labute approximate surface area is 135 Å². The highest BCUT2D eigenvalue weighted by Crippen LogP contribution is 2.36. The number of sulfonamides is 1. The smallest absolute Gasteiger partial charge is 0.410 e. The van der Waals surface area contributed by atoms with Crippen molar-refractivity contribution in [2.45, 2.75) is 37.0 Å². The summed E-state index contributed by atoms with van der Waals surface area (Å²) in [4.78, 5) is 12.4. The minimum absolute atomic E-state index is 0.0359. The monoisotopic (exact) mass is 365 g/mol. The van der Waals surface area contributed by atoms with Crippen LogP contribution in [0, 0.1) is 0 Å². The second kappa shape index (κ2) is 6.06. The summed E-state index contributed by atoms with van der Waals surface area (Å²) in [5.74, 6) is -0.762. The average Bonchev–Trinajstić information content (AvgIpc) is 2.72. The highest BCUT2D eigenvalue weighted by atomic mass is 32.2. The van der Waals surface area contributed by atoms with E-state index in [-0.39, 0.29) is 12.1 Å². The summed E-state index contributed by atoms with van der Waals surface area (Å²) < 4.78 is 62.9. The van der Waals surface area contributed by atoms with Gasteiger partial charge in [-0.1, -0.05) is 11.2 Å². The van der Waals surface area contributed by atoms with Gasteiger partial charge in [-0.3, -0.25) is 4.79 Å². The van der Waals surface area contributed by atoms with E-state index in [4.69, 9.17) is 10.3 Å². The zero-order valence-electron chi connectivity index (χ0n) is 12.4. The number of nitrogens with two attached hydrogens (primary N) is 1. The van der Waals surface area contributed by atoms with Crippen molar-refractivity contribution in [2.75, 3.05) is 0 Å². The number of amides is 1. The molecule has 0 aromatic heterocycles. The van der Waals surface area contributed by atoms with Gasteiger partial charge in [0, 0.05) is 24.6 Å². The molecular weight excluding hydrogens is 351 g/mol. The number of rotatable bonds is 3. The maximum absolute atomic E-state index is 13.2. The summed E-state index contributed by atoms with van der Waals surface area (Å²) in [5, 5.41) is 16.6. The molecule has 1 atom stereocenters. The Bertz CT molecular complexity index is 805. The third kappa shape index (κ3) is 3.36. The van der Waals surface area contributed by atoms with E-state index in [1.54, 1.807) is 6.92 Å². The van der Waals surface area contributed by atoms with Crippen molar-refractivity contribution in [3.8, 4) is 0 Å². The minimum atomic E-state index is -4.82. The molecule has 1 amide bonds. The maximum Gasteiger partial charge on any atom is 0.416 e. The number of nitrogens with zero attached hydrogens (tertiary/aromatic N) is 2. The van der Waals surface area contributed by atoms with Gasteiger partial charge in [0.05, 0.1) is 10.5 Å². The fourth-order valence-electron chi connectivity index (χ4n) is 2.59. The first kappa shape index (κ1) is 18.2. The molecule has 1 heterocycles. The Morgan fingerprint density at radius 1 is 1.42 bits per heavy atom. The molecule has 1 unspecified atom stereocenters. The van der Waals surface area contributed by atoms with Gasteiger partial charge in [-0.15, -0.1) is 0 Å². The maximum atomic E-state index is 13.2. The molecule has 1 aromatic rings. The van der Waals surface area contributed by atoms with Gasteiger partial charge in [-0.2, -0.15) is 13.2 Å². The van der Waals surface area contributed by atoms with E-state index >= 15 is 0 Å². The Balaban J connectivity index is 2.59. The summed E-state index contributed by atoms with van der Waals surface area (Å²) in [5.41, 5.74) is -2.01. The normalized spacial score (nSPS) is 20.9. The predicted octanol–water partition coefficient (Wildman–Crippen LogP) is 1.30. The zero-order chi connectivity index (χ0) is 18.3. The fourth-order valence-corrected chi connectivity index (χ4v) is 3.37. The molecule has 2 rings (SSSR count). The van der Waals surface area contributed by atoms with E-state index in [0.717, 1.165) is 23.1 Å². The molecule has 0 aliphatic carbocycles. The molecule has 1 aliphatic rings. The predicted molar refractivity (Wildman–Crippen MR) is 76.7 cm³/mol. The van der Waals surface area contributed by atoms with E-state index < -0.39 is 50.7 Å². The van der Waals surface area contributed by atoms with Gasteiger partial charge in [0.2, 0.25) is 10.0 Å². The molecule has 1 saturated heterocycles. The van der Waals surface area contributed by atoms with Crippen LogP contribution >= 0.6 is 0 Å². The van der Waals surface area contributed by atoms with Crippen LogP contribution in [0.5, 0.6) is 0 Å². The molecule has 1 fully saturated rings. The Morgan fingerprint density at radius 2 is 2.04 bits per heavy atom. The van der Waals surface area contributed by atoms with Gasteiger partial charge in [0.25, 0.3) is 5.91 Å². The lowest BCUT2D eigenvalue weighted by atomic mass is 10.1. The van der Waals surface area contributed by atoms with Crippen molar-refractivity contribution in [1.82, 2.24) is 4.90 Å².